The Hall–Kier alpha value is -2.39. The number of nitrogens with zero attached hydrogens (tertiary/aromatic N) is 4. The Balaban J connectivity index is 1.61. The second kappa shape index (κ2) is 8.96. The van der Waals surface area contributed by atoms with Gasteiger partial charge >= 0.3 is 0 Å². The Kier molecular flexibility index (Phi) is 6.59. The van der Waals surface area contributed by atoms with Gasteiger partial charge in [-0.1, -0.05) is 39.8 Å². The summed E-state index contributed by atoms with van der Waals surface area (Å²) in [5, 5.41) is 9.40. The number of nitriles is 1. The molecule has 0 radical (unpaired) electrons. The van der Waals surface area contributed by atoms with Crippen molar-refractivity contribution in [3.8, 4) is 6.07 Å². The standard InChI is InChI=1S/C23H32N4O2/c1-16(2)18-6-5-7-20(12-18)27-15-19(13-22(27)28)23(29)26-10-8-25(9-11-26)21(14-24)17(3)4/h5-7,12,16-17,19,21H,8-11,13,15H2,1-4H3. The third-order valence-electron chi connectivity index (χ3n) is 6.11. The molecule has 1 aromatic carbocycles. The largest absolute Gasteiger partial charge is 0.340 e. The van der Waals surface area contributed by atoms with Gasteiger partial charge in [-0.05, 0) is 29.5 Å². The molecule has 0 aliphatic carbocycles. The molecule has 156 valence electrons. The van der Waals surface area contributed by atoms with E-state index in [1.807, 2.05) is 17.0 Å². The van der Waals surface area contributed by atoms with Gasteiger partial charge < -0.3 is 9.80 Å². The van der Waals surface area contributed by atoms with E-state index in [0.717, 1.165) is 5.69 Å². The van der Waals surface area contributed by atoms with Gasteiger partial charge in [0.25, 0.3) is 0 Å². The van der Waals surface area contributed by atoms with Gasteiger partial charge in [-0.15, -0.1) is 0 Å². The summed E-state index contributed by atoms with van der Waals surface area (Å²) in [6.45, 7) is 11.5. The second-order valence-corrected chi connectivity index (χ2v) is 8.83. The molecule has 29 heavy (non-hydrogen) atoms. The molecular weight excluding hydrogens is 364 g/mol. The summed E-state index contributed by atoms with van der Waals surface area (Å²) in [5.41, 5.74) is 2.08. The number of rotatable bonds is 5. The molecule has 6 heteroatoms. The zero-order valence-electron chi connectivity index (χ0n) is 18.0. The first-order valence-corrected chi connectivity index (χ1v) is 10.6. The molecule has 2 fully saturated rings. The predicted molar refractivity (Wildman–Crippen MR) is 113 cm³/mol. The van der Waals surface area contributed by atoms with Crippen molar-refractivity contribution < 1.29 is 9.59 Å². The van der Waals surface area contributed by atoms with Crippen molar-refractivity contribution in [2.75, 3.05) is 37.6 Å². The summed E-state index contributed by atoms with van der Waals surface area (Å²) < 4.78 is 0. The molecule has 0 bridgehead atoms. The minimum atomic E-state index is -0.284. The lowest BCUT2D eigenvalue weighted by Crippen LogP contribution is -2.54. The first kappa shape index (κ1) is 21.3. The molecule has 1 aromatic rings. The van der Waals surface area contributed by atoms with Crippen LogP contribution in [0, 0.1) is 23.2 Å². The van der Waals surface area contributed by atoms with Gasteiger partial charge in [-0.25, -0.2) is 0 Å². The van der Waals surface area contributed by atoms with Crippen molar-refractivity contribution >= 4 is 17.5 Å². The monoisotopic (exact) mass is 396 g/mol. The van der Waals surface area contributed by atoms with Crippen molar-refractivity contribution in [1.29, 1.82) is 5.26 Å². The van der Waals surface area contributed by atoms with Gasteiger partial charge in [-0.3, -0.25) is 14.5 Å². The normalized spacial score (nSPS) is 21.7. The van der Waals surface area contributed by atoms with Crippen LogP contribution in [0.4, 0.5) is 5.69 Å². The zero-order chi connectivity index (χ0) is 21.1. The third-order valence-corrected chi connectivity index (χ3v) is 6.11. The molecule has 2 saturated heterocycles. The minimum Gasteiger partial charge on any atom is -0.340 e. The van der Waals surface area contributed by atoms with Crippen LogP contribution in [0.15, 0.2) is 24.3 Å². The van der Waals surface area contributed by atoms with Gasteiger partial charge in [0.2, 0.25) is 11.8 Å². The molecule has 0 spiro atoms. The molecule has 0 N–H and O–H groups in total. The summed E-state index contributed by atoms with van der Waals surface area (Å²) >= 11 is 0. The van der Waals surface area contributed by atoms with E-state index in [0.29, 0.717) is 38.6 Å². The van der Waals surface area contributed by atoms with Crippen molar-refractivity contribution in [3.05, 3.63) is 29.8 Å². The lowest BCUT2D eigenvalue weighted by Gasteiger charge is -2.38. The van der Waals surface area contributed by atoms with Crippen LogP contribution in [0.5, 0.6) is 0 Å². The van der Waals surface area contributed by atoms with E-state index in [-0.39, 0.29) is 36.1 Å². The van der Waals surface area contributed by atoms with Gasteiger partial charge in [0.15, 0.2) is 0 Å². The number of hydrogen-bond donors (Lipinski definition) is 0. The molecule has 2 heterocycles. The van der Waals surface area contributed by atoms with Crippen molar-refractivity contribution in [2.24, 2.45) is 11.8 Å². The number of hydrogen-bond acceptors (Lipinski definition) is 4. The van der Waals surface area contributed by atoms with Gasteiger partial charge in [0.1, 0.15) is 6.04 Å². The molecule has 2 aliphatic rings. The molecule has 3 rings (SSSR count). The Morgan fingerprint density at radius 1 is 1.14 bits per heavy atom. The number of benzene rings is 1. The van der Waals surface area contributed by atoms with Crippen molar-refractivity contribution in [2.45, 2.75) is 46.1 Å². The second-order valence-electron chi connectivity index (χ2n) is 8.83. The van der Waals surface area contributed by atoms with Crippen molar-refractivity contribution in [3.63, 3.8) is 0 Å². The highest BCUT2D eigenvalue weighted by Gasteiger charge is 2.38. The van der Waals surface area contributed by atoms with E-state index in [1.54, 1.807) is 4.90 Å². The minimum absolute atomic E-state index is 0.0206. The van der Waals surface area contributed by atoms with E-state index < -0.39 is 0 Å². The van der Waals surface area contributed by atoms with Crippen LogP contribution in [0.2, 0.25) is 0 Å². The maximum atomic E-state index is 13.0. The summed E-state index contributed by atoms with van der Waals surface area (Å²) in [7, 11) is 0. The molecule has 0 aromatic heterocycles. The Morgan fingerprint density at radius 3 is 2.41 bits per heavy atom. The third kappa shape index (κ3) is 4.62. The number of piperazine rings is 1. The molecule has 6 nitrogen and oxygen atoms in total. The molecule has 2 amide bonds. The van der Waals surface area contributed by atoms with Crippen LogP contribution >= 0.6 is 0 Å². The van der Waals surface area contributed by atoms with Gasteiger partial charge in [0, 0.05) is 44.8 Å². The lowest BCUT2D eigenvalue weighted by atomic mass is 10.0. The van der Waals surface area contributed by atoms with E-state index in [2.05, 4.69) is 50.8 Å². The van der Waals surface area contributed by atoms with Crippen LogP contribution in [-0.4, -0.2) is 60.4 Å². The smallest absolute Gasteiger partial charge is 0.228 e. The fourth-order valence-corrected chi connectivity index (χ4v) is 4.31. The Labute approximate surface area is 174 Å². The summed E-state index contributed by atoms with van der Waals surface area (Å²) in [6.07, 6.45) is 0.276. The fraction of sp³-hybridized carbons (Fsp3) is 0.609. The van der Waals surface area contributed by atoms with E-state index in [9.17, 15) is 14.9 Å². The average Bonchev–Trinajstić information content (AvgIpc) is 3.10. The van der Waals surface area contributed by atoms with Crippen LogP contribution in [-0.2, 0) is 9.59 Å². The summed E-state index contributed by atoms with van der Waals surface area (Å²) in [5.74, 6) is 0.466. The van der Waals surface area contributed by atoms with E-state index in [1.165, 1.54) is 5.56 Å². The average molecular weight is 397 g/mol. The fourth-order valence-electron chi connectivity index (χ4n) is 4.31. The molecular formula is C23H32N4O2. The maximum absolute atomic E-state index is 13.0. The van der Waals surface area contributed by atoms with Crippen LogP contribution < -0.4 is 4.90 Å². The van der Waals surface area contributed by atoms with E-state index >= 15 is 0 Å². The number of amides is 2. The molecule has 2 atom stereocenters. The highest BCUT2D eigenvalue weighted by molar-refractivity contribution is 6.00. The van der Waals surface area contributed by atoms with Crippen LogP contribution in [0.25, 0.3) is 0 Å². The topological polar surface area (TPSA) is 67.7 Å². The highest BCUT2D eigenvalue weighted by atomic mass is 16.2. The van der Waals surface area contributed by atoms with Crippen LogP contribution in [0.3, 0.4) is 0 Å². The summed E-state index contributed by atoms with van der Waals surface area (Å²) in [4.78, 5) is 31.5. The SMILES string of the molecule is CC(C)c1cccc(N2CC(C(=O)N3CCN(C(C#N)C(C)C)CC3)CC2=O)c1. The highest BCUT2D eigenvalue weighted by Crippen LogP contribution is 2.29. The molecule has 2 unspecified atom stereocenters. The van der Waals surface area contributed by atoms with Crippen LogP contribution in [0.1, 0.15) is 45.6 Å². The van der Waals surface area contributed by atoms with Crippen molar-refractivity contribution in [1.82, 2.24) is 9.80 Å². The molecule has 2 aliphatic heterocycles. The van der Waals surface area contributed by atoms with Gasteiger partial charge in [0.05, 0.1) is 12.0 Å². The Morgan fingerprint density at radius 2 is 1.83 bits per heavy atom. The Bertz CT molecular complexity index is 790. The summed E-state index contributed by atoms with van der Waals surface area (Å²) in [6, 6.07) is 10.3. The number of anilines is 1. The number of carbonyl (C=O) groups is 2. The first-order chi connectivity index (χ1) is 13.8. The van der Waals surface area contributed by atoms with E-state index in [4.69, 9.17) is 0 Å². The lowest BCUT2D eigenvalue weighted by molar-refractivity contribution is -0.137. The predicted octanol–water partition coefficient (Wildman–Crippen LogP) is 2.86. The number of carbonyl (C=O) groups excluding carboxylic acids is 2. The first-order valence-electron chi connectivity index (χ1n) is 10.6. The zero-order valence-corrected chi connectivity index (χ0v) is 18.0. The van der Waals surface area contributed by atoms with Gasteiger partial charge in [-0.2, -0.15) is 5.26 Å². The maximum Gasteiger partial charge on any atom is 0.228 e. The quantitative estimate of drug-likeness (QED) is 0.768. The molecule has 0 saturated carbocycles.